The quantitative estimate of drug-likeness (QED) is 0.353. The number of carbonyl (C=O) groups is 2. The highest BCUT2D eigenvalue weighted by atomic mass is 32.2. The van der Waals surface area contributed by atoms with Gasteiger partial charge in [-0.25, -0.2) is 8.42 Å². The fraction of sp³-hybridized carbons (Fsp3) is 0.517. The predicted octanol–water partition coefficient (Wildman–Crippen LogP) is 4.88. The molecular formula is C29H43N3O4S. The largest absolute Gasteiger partial charge is 0.354 e. The van der Waals surface area contributed by atoms with E-state index in [2.05, 4.69) is 12.2 Å². The van der Waals surface area contributed by atoms with Crippen molar-refractivity contribution in [3.63, 3.8) is 0 Å². The van der Waals surface area contributed by atoms with Crippen molar-refractivity contribution in [3.8, 4) is 0 Å². The first-order valence-electron chi connectivity index (χ1n) is 13.2. The number of unbranched alkanes of at least 4 members (excludes halogenated alkanes) is 1. The van der Waals surface area contributed by atoms with Crippen LogP contribution in [0.25, 0.3) is 0 Å². The first-order chi connectivity index (χ1) is 17.5. The van der Waals surface area contributed by atoms with Crippen LogP contribution in [-0.4, -0.2) is 50.5 Å². The van der Waals surface area contributed by atoms with E-state index >= 15 is 0 Å². The molecule has 0 saturated heterocycles. The monoisotopic (exact) mass is 529 g/mol. The van der Waals surface area contributed by atoms with Crippen LogP contribution < -0.4 is 9.62 Å². The van der Waals surface area contributed by atoms with Gasteiger partial charge < -0.3 is 10.2 Å². The van der Waals surface area contributed by atoms with E-state index in [4.69, 9.17) is 0 Å². The summed E-state index contributed by atoms with van der Waals surface area (Å²) in [4.78, 5) is 28.2. The summed E-state index contributed by atoms with van der Waals surface area (Å²) in [6, 6.07) is 13.1. The van der Waals surface area contributed by atoms with Crippen molar-refractivity contribution in [3.05, 3.63) is 64.7 Å². The van der Waals surface area contributed by atoms with E-state index in [1.807, 2.05) is 70.2 Å². The second kappa shape index (κ2) is 14.2. The molecule has 1 atom stereocenters. The van der Waals surface area contributed by atoms with E-state index in [-0.39, 0.29) is 24.8 Å². The minimum absolute atomic E-state index is 0.140. The molecule has 2 aromatic carbocycles. The van der Waals surface area contributed by atoms with E-state index in [0.29, 0.717) is 31.6 Å². The number of sulfonamides is 1. The normalized spacial score (nSPS) is 12.2. The van der Waals surface area contributed by atoms with Crippen LogP contribution in [0.3, 0.4) is 0 Å². The molecule has 2 rings (SSSR count). The summed E-state index contributed by atoms with van der Waals surface area (Å²) in [6.07, 6.45) is 4.02. The Morgan fingerprint density at radius 2 is 1.59 bits per heavy atom. The predicted molar refractivity (Wildman–Crippen MR) is 151 cm³/mol. The fourth-order valence-corrected chi connectivity index (χ4v) is 5.30. The lowest BCUT2D eigenvalue weighted by Crippen LogP contribution is -2.49. The molecule has 1 N–H and O–H groups in total. The summed E-state index contributed by atoms with van der Waals surface area (Å²) in [5.41, 5.74) is 4.53. The summed E-state index contributed by atoms with van der Waals surface area (Å²) in [7, 11) is -3.53. The smallest absolute Gasteiger partial charge is 0.242 e. The Kier molecular flexibility index (Phi) is 11.6. The number of hydrogen-bond acceptors (Lipinski definition) is 4. The van der Waals surface area contributed by atoms with Crippen LogP contribution in [0.5, 0.6) is 0 Å². The third-order valence-corrected chi connectivity index (χ3v) is 7.65. The molecule has 7 nitrogen and oxygen atoms in total. The highest BCUT2D eigenvalue weighted by Crippen LogP contribution is 2.25. The zero-order valence-electron chi connectivity index (χ0n) is 23.2. The van der Waals surface area contributed by atoms with Gasteiger partial charge in [-0.15, -0.1) is 0 Å². The van der Waals surface area contributed by atoms with Gasteiger partial charge in [0, 0.05) is 26.1 Å². The van der Waals surface area contributed by atoms with Gasteiger partial charge >= 0.3 is 0 Å². The SMILES string of the molecule is CCCCNC(=O)C(CC)N(Cc1ccc(C)cc1)C(=O)CCCN(c1cc(C)ccc1C)S(C)(=O)=O. The first kappa shape index (κ1) is 30.4. The number of anilines is 1. The van der Waals surface area contributed by atoms with Crippen LogP contribution in [0.15, 0.2) is 42.5 Å². The van der Waals surface area contributed by atoms with Crippen LogP contribution in [0.4, 0.5) is 5.69 Å². The van der Waals surface area contributed by atoms with Gasteiger partial charge in [0.1, 0.15) is 6.04 Å². The molecule has 1 unspecified atom stereocenters. The molecule has 0 aliphatic rings. The standard InChI is InChI=1S/C29H43N3O4S/c1-7-9-18-30-29(34)26(8-2)31(21-25-16-13-22(3)14-17-25)28(33)11-10-19-32(37(6,35)36)27-20-23(4)12-15-24(27)5/h12-17,20,26H,7-11,18-19,21H2,1-6H3,(H,30,34). The molecular weight excluding hydrogens is 486 g/mol. The van der Waals surface area contributed by atoms with E-state index in [0.717, 1.165) is 35.1 Å². The lowest BCUT2D eigenvalue weighted by Gasteiger charge is -2.31. The topological polar surface area (TPSA) is 86.8 Å². The number of amides is 2. The maximum atomic E-state index is 13.5. The number of benzene rings is 2. The average Bonchev–Trinajstić information content (AvgIpc) is 2.84. The molecule has 2 amide bonds. The number of rotatable bonds is 14. The van der Waals surface area contributed by atoms with Crippen molar-refractivity contribution in [1.82, 2.24) is 10.2 Å². The van der Waals surface area contributed by atoms with Crippen LogP contribution in [0.2, 0.25) is 0 Å². The summed E-state index contributed by atoms with van der Waals surface area (Å²) < 4.78 is 26.6. The molecule has 0 radical (unpaired) electrons. The third kappa shape index (κ3) is 9.18. The van der Waals surface area contributed by atoms with Gasteiger partial charge in [-0.3, -0.25) is 13.9 Å². The van der Waals surface area contributed by atoms with Gasteiger partial charge in [0.2, 0.25) is 21.8 Å². The third-order valence-electron chi connectivity index (χ3n) is 6.47. The lowest BCUT2D eigenvalue weighted by atomic mass is 10.1. The first-order valence-corrected chi connectivity index (χ1v) is 15.0. The molecule has 0 fully saturated rings. The number of aryl methyl sites for hydroxylation is 3. The summed E-state index contributed by atoms with van der Waals surface area (Å²) in [5.74, 6) is -0.308. The molecule has 2 aromatic rings. The van der Waals surface area contributed by atoms with E-state index in [1.54, 1.807) is 4.90 Å². The molecule has 0 aliphatic heterocycles. The molecule has 37 heavy (non-hydrogen) atoms. The number of nitrogens with one attached hydrogen (secondary N) is 1. The average molecular weight is 530 g/mol. The molecule has 0 heterocycles. The fourth-order valence-electron chi connectivity index (χ4n) is 4.29. The van der Waals surface area contributed by atoms with Gasteiger partial charge in [-0.2, -0.15) is 0 Å². The van der Waals surface area contributed by atoms with Crippen LogP contribution >= 0.6 is 0 Å². The van der Waals surface area contributed by atoms with Gasteiger partial charge in [0.15, 0.2) is 0 Å². The summed E-state index contributed by atoms with van der Waals surface area (Å²) >= 11 is 0. The Morgan fingerprint density at radius 3 is 2.19 bits per heavy atom. The van der Waals surface area contributed by atoms with Crippen molar-refractivity contribution in [2.45, 2.75) is 79.3 Å². The van der Waals surface area contributed by atoms with Crippen molar-refractivity contribution in [2.24, 2.45) is 0 Å². The second-order valence-corrected chi connectivity index (χ2v) is 11.7. The van der Waals surface area contributed by atoms with Gasteiger partial charge in [0.25, 0.3) is 0 Å². The van der Waals surface area contributed by atoms with Crippen LogP contribution in [-0.2, 0) is 26.2 Å². The van der Waals surface area contributed by atoms with Crippen molar-refractivity contribution in [1.29, 1.82) is 0 Å². The number of nitrogens with zero attached hydrogens (tertiary/aromatic N) is 2. The van der Waals surface area contributed by atoms with Crippen molar-refractivity contribution < 1.29 is 18.0 Å². The Bertz CT molecular complexity index is 1150. The van der Waals surface area contributed by atoms with Crippen molar-refractivity contribution in [2.75, 3.05) is 23.7 Å². The van der Waals surface area contributed by atoms with Gasteiger partial charge in [-0.1, -0.05) is 62.2 Å². The van der Waals surface area contributed by atoms with Gasteiger partial charge in [0.05, 0.1) is 11.9 Å². The highest BCUT2D eigenvalue weighted by Gasteiger charge is 2.29. The molecule has 0 bridgehead atoms. The van der Waals surface area contributed by atoms with E-state index in [1.165, 1.54) is 10.6 Å². The molecule has 8 heteroatoms. The Labute approximate surface area is 223 Å². The number of hydrogen-bond donors (Lipinski definition) is 1. The maximum Gasteiger partial charge on any atom is 0.242 e. The molecule has 204 valence electrons. The zero-order chi connectivity index (χ0) is 27.6. The maximum absolute atomic E-state index is 13.5. The van der Waals surface area contributed by atoms with Gasteiger partial charge in [-0.05, 0) is 62.8 Å². The minimum atomic E-state index is -3.53. The Balaban J connectivity index is 2.22. The van der Waals surface area contributed by atoms with Crippen molar-refractivity contribution >= 4 is 27.5 Å². The zero-order valence-corrected chi connectivity index (χ0v) is 24.0. The minimum Gasteiger partial charge on any atom is -0.354 e. The molecule has 0 aliphatic carbocycles. The number of carbonyl (C=O) groups excluding carboxylic acids is 2. The Hall–Kier alpha value is -2.87. The Morgan fingerprint density at radius 1 is 0.946 bits per heavy atom. The van der Waals surface area contributed by atoms with E-state index < -0.39 is 16.1 Å². The summed E-state index contributed by atoms with van der Waals surface area (Å²) in [5, 5.41) is 2.97. The molecule has 0 saturated carbocycles. The molecule has 0 aromatic heterocycles. The lowest BCUT2D eigenvalue weighted by molar-refractivity contribution is -0.141. The van der Waals surface area contributed by atoms with E-state index in [9.17, 15) is 18.0 Å². The molecule has 0 spiro atoms. The second-order valence-electron chi connectivity index (χ2n) is 9.80. The van der Waals surface area contributed by atoms with Crippen LogP contribution in [0.1, 0.15) is 68.2 Å². The van der Waals surface area contributed by atoms with Crippen LogP contribution in [0, 0.1) is 20.8 Å². The summed E-state index contributed by atoms with van der Waals surface area (Å²) in [6.45, 7) is 10.9. The highest BCUT2D eigenvalue weighted by molar-refractivity contribution is 7.92.